The van der Waals surface area contributed by atoms with Crippen molar-refractivity contribution >= 4 is 35.1 Å². The Hall–Kier alpha value is -2.47. The summed E-state index contributed by atoms with van der Waals surface area (Å²) in [5.74, 6) is 0.0662. The van der Waals surface area contributed by atoms with Gasteiger partial charge in [0.25, 0.3) is 0 Å². The van der Waals surface area contributed by atoms with Gasteiger partial charge in [-0.3, -0.25) is 4.79 Å². The van der Waals surface area contributed by atoms with Gasteiger partial charge in [-0.25, -0.2) is 4.79 Å². The molecule has 3 rings (SSSR count). The SMILES string of the molecule is CSc1cccc(NC(=O)NCc2ccc3c(c2)CCN3C(C)=O)c1. The summed E-state index contributed by atoms with van der Waals surface area (Å²) in [7, 11) is 0. The van der Waals surface area contributed by atoms with Crippen molar-refractivity contribution in [2.75, 3.05) is 23.0 Å². The Labute approximate surface area is 151 Å². The molecule has 3 amide bonds. The van der Waals surface area contributed by atoms with Crippen molar-refractivity contribution in [1.82, 2.24) is 5.32 Å². The quantitative estimate of drug-likeness (QED) is 0.823. The largest absolute Gasteiger partial charge is 0.334 e. The monoisotopic (exact) mass is 355 g/mol. The number of hydrogen-bond acceptors (Lipinski definition) is 3. The van der Waals surface area contributed by atoms with Crippen LogP contribution in [0.1, 0.15) is 18.1 Å². The van der Waals surface area contributed by atoms with Crippen molar-refractivity contribution in [3.63, 3.8) is 0 Å². The number of fused-ring (bicyclic) bond motifs is 1. The standard InChI is InChI=1S/C19H21N3O2S/c1-13(23)22-9-8-15-10-14(6-7-18(15)22)12-20-19(24)21-16-4-3-5-17(11-16)25-2/h3-7,10-11H,8-9,12H2,1-2H3,(H2,20,21,24). The minimum Gasteiger partial charge on any atom is -0.334 e. The molecule has 0 unspecified atom stereocenters. The van der Waals surface area contributed by atoms with Crippen LogP contribution in [0, 0.1) is 0 Å². The van der Waals surface area contributed by atoms with E-state index in [1.807, 2.05) is 42.7 Å². The Morgan fingerprint density at radius 1 is 1.20 bits per heavy atom. The van der Waals surface area contributed by atoms with E-state index in [9.17, 15) is 9.59 Å². The highest BCUT2D eigenvalue weighted by Crippen LogP contribution is 2.28. The highest BCUT2D eigenvalue weighted by Gasteiger charge is 2.22. The molecule has 5 nitrogen and oxygen atoms in total. The second-order valence-electron chi connectivity index (χ2n) is 5.92. The van der Waals surface area contributed by atoms with E-state index in [-0.39, 0.29) is 11.9 Å². The Bertz CT molecular complexity index is 807. The highest BCUT2D eigenvalue weighted by atomic mass is 32.2. The van der Waals surface area contributed by atoms with Gasteiger partial charge in [-0.05, 0) is 48.1 Å². The van der Waals surface area contributed by atoms with Gasteiger partial charge in [-0.1, -0.05) is 18.2 Å². The van der Waals surface area contributed by atoms with Crippen molar-refractivity contribution in [3.8, 4) is 0 Å². The molecule has 2 aromatic carbocycles. The minimum atomic E-state index is -0.232. The lowest BCUT2D eigenvalue weighted by atomic mass is 10.1. The molecule has 2 aromatic rings. The smallest absolute Gasteiger partial charge is 0.319 e. The molecular formula is C19H21N3O2S. The van der Waals surface area contributed by atoms with Gasteiger partial charge in [0.2, 0.25) is 5.91 Å². The number of thioether (sulfide) groups is 1. The minimum absolute atomic E-state index is 0.0662. The van der Waals surface area contributed by atoms with Gasteiger partial charge < -0.3 is 15.5 Å². The van der Waals surface area contributed by atoms with Crippen LogP contribution in [0.3, 0.4) is 0 Å². The van der Waals surface area contributed by atoms with Crippen LogP contribution in [0.25, 0.3) is 0 Å². The van der Waals surface area contributed by atoms with E-state index in [2.05, 4.69) is 16.7 Å². The number of nitrogens with one attached hydrogen (secondary N) is 2. The number of benzene rings is 2. The third-order valence-corrected chi connectivity index (χ3v) is 4.93. The molecule has 0 aliphatic carbocycles. The molecule has 0 bridgehead atoms. The molecule has 1 aliphatic heterocycles. The first-order chi connectivity index (χ1) is 12.1. The van der Waals surface area contributed by atoms with Crippen LogP contribution in [0.5, 0.6) is 0 Å². The highest BCUT2D eigenvalue weighted by molar-refractivity contribution is 7.98. The zero-order valence-corrected chi connectivity index (χ0v) is 15.2. The van der Waals surface area contributed by atoms with Crippen molar-refractivity contribution in [3.05, 3.63) is 53.6 Å². The van der Waals surface area contributed by atoms with E-state index in [0.29, 0.717) is 6.54 Å². The van der Waals surface area contributed by atoms with Crippen LogP contribution in [0.4, 0.5) is 16.2 Å². The number of carbonyl (C=O) groups excluding carboxylic acids is 2. The van der Waals surface area contributed by atoms with Crippen molar-refractivity contribution in [1.29, 1.82) is 0 Å². The number of rotatable bonds is 4. The molecule has 1 aliphatic rings. The number of anilines is 2. The molecular weight excluding hydrogens is 334 g/mol. The molecule has 0 fully saturated rings. The number of amides is 3. The molecule has 6 heteroatoms. The number of nitrogens with zero attached hydrogens (tertiary/aromatic N) is 1. The summed E-state index contributed by atoms with van der Waals surface area (Å²) in [6.45, 7) is 2.76. The van der Waals surface area contributed by atoms with Gasteiger partial charge in [0.15, 0.2) is 0 Å². The summed E-state index contributed by atoms with van der Waals surface area (Å²) in [4.78, 5) is 26.6. The number of hydrogen-bond donors (Lipinski definition) is 2. The molecule has 0 saturated heterocycles. The average molecular weight is 355 g/mol. The van der Waals surface area contributed by atoms with Crippen molar-refractivity contribution in [2.24, 2.45) is 0 Å². The third-order valence-electron chi connectivity index (χ3n) is 4.20. The van der Waals surface area contributed by atoms with Crippen LogP contribution < -0.4 is 15.5 Å². The Kier molecular flexibility index (Phi) is 5.28. The van der Waals surface area contributed by atoms with Crippen LogP contribution in [-0.4, -0.2) is 24.7 Å². The molecule has 1 heterocycles. The van der Waals surface area contributed by atoms with Crippen LogP contribution in [0.15, 0.2) is 47.4 Å². The maximum absolute atomic E-state index is 12.1. The van der Waals surface area contributed by atoms with Gasteiger partial charge >= 0.3 is 6.03 Å². The first kappa shape index (κ1) is 17.4. The van der Waals surface area contributed by atoms with Crippen LogP contribution >= 0.6 is 11.8 Å². The van der Waals surface area contributed by atoms with E-state index in [0.717, 1.165) is 40.4 Å². The van der Waals surface area contributed by atoms with E-state index in [4.69, 9.17) is 0 Å². The fraction of sp³-hybridized carbons (Fsp3) is 0.263. The zero-order valence-electron chi connectivity index (χ0n) is 14.3. The first-order valence-corrected chi connectivity index (χ1v) is 9.38. The van der Waals surface area contributed by atoms with Crippen molar-refractivity contribution < 1.29 is 9.59 Å². The summed E-state index contributed by atoms with van der Waals surface area (Å²) >= 11 is 1.63. The van der Waals surface area contributed by atoms with Gasteiger partial charge in [0.1, 0.15) is 0 Å². The molecule has 130 valence electrons. The fourth-order valence-corrected chi connectivity index (χ4v) is 3.41. The Morgan fingerprint density at radius 3 is 2.80 bits per heavy atom. The lowest BCUT2D eigenvalue weighted by Gasteiger charge is -2.15. The van der Waals surface area contributed by atoms with Gasteiger partial charge in [0.05, 0.1) is 0 Å². The lowest BCUT2D eigenvalue weighted by molar-refractivity contribution is -0.116. The zero-order chi connectivity index (χ0) is 17.8. The Balaban J connectivity index is 1.58. The molecule has 2 N–H and O–H groups in total. The number of urea groups is 1. The second-order valence-corrected chi connectivity index (χ2v) is 6.80. The summed E-state index contributed by atoms with van der Waals surface area (Å²) in [5.41, 5.74) is 3.93. The summed E-state index contributed by atoms with van der Waals surface area (Å²) in [5, 5.41) is 5.72. The predicted octanol–water partition coefficient (Wildman–Crippen LogP) is 3.64. The average Bonchev–Trinajstić information content (AvgIpc) is 3.03. The van der Waals surface area contributed by atoms with Gasteiger partial charge in [0, 0.05) is 36.3 Å². The van der Waals surface area contributed by atoms with E-state index in [1.165, 1.54) is 0 Å². The summed E-state index contributed by atoms with van der Waals surface area (Å²) in [6, 6.07) is 13.5. The van der Waals surface area contributed by atoms with Crippen LogP contribution in [0.2, 0.25) is 0 Å². The first-order valence-electron chi connectivity index (χ1n) is 8.15. The molecule has 0 atom stereocenters. The summed E-state index contributed by atoms with van der Waals surface area (Å²) < 4.78 is 0. The topological polar surface area (TPSA) is 61.4 Å². The molecule has 0 spiro atoms. The molecule has 25 heavy (non-hydrogen) atoms. The maximum atomic E-state index is 12.1. The fourth-order valence-electron chi connectivity index (χ4n) is 2.95. The number of carbonyl (C=O) groups is 2. The van der Waals surface area contributed by atoms with E-state index in [1.54, 1.807) is 23.6 Å². The predicted molar refractivity (Wildman–Crippen MR) is 102 cm³/mol. The normalized spacial score (nSPS) is 12.6. The molecule has 0 radical (unpaired) electrons. The lowest BCUT2D eigenvalue weighted by Crippen LogP contribution is -2.28. The van der Waals surface area contributed by atoms with Crippen molar-refractivity contribution in [2.45, 2.75) is 24.8 Å². The summed E-state index contributed by atoms with van der Waals surface area (Å²) in [6.07, 6.45) is 2.86. The Morgan fingerprint density at radius 2 is 2.04 bits per heavy atom. The molecule has 0 aromatic heterocycles. The maximum Gasteiger partial charge on any atom is 0.319 e. The van der Waals surface area contributed by atoms with E-state index >= 15 is 0 Å². The van der Waals surface area contributed by atoms with Crippen LogP contribution in [-0.2, 0) is 17.8 Å². The molecule has 0 saturated carbocycles. The third kappa shape index (κ3) is 4.14. The second kappa shape index (κ2) is 7.61. The van der Waals surface area contributed by atoms with Gasteiger partial charge in [-0.2, -0.15) is 0 Å². The van der Waals surface area contributed by atoms with E-state index < -0.39 is 0 Å². The van der Waals surface area contributed by atoms with Gasteiger partial charge in [-0.15, -0.1) is 11.8 Å².